The molecule has 0 aromatic rings. The van der Waals surface area contributed by atoms with E-state index in [0.29, 0.717) is 6.08 Å². The smallest absolute Gasteiger partial charge is 0.260 e. The van der Waals surface area contributed by atoms with Gasteiger partial charge in [-0.05, 0) is 6.08 Å². The summed E-state index contributed by atoms with van der Waals surface area (Å²) in [6, 6.07) is 0. The third-order valence-electron chi connectivity index (χ3n) is 4.62. The molecule has 2 rings (SSSR count). The molecule has 0 aromatic heterocycles. The van der Waals surface area contributed by atoms with Crippen LogP contribution in [0.4, 0.5) is 0 Å². The minimum Gasteiger partial charge on any atom is -0.394 e. The van der Waals surface area contributed by atoms with Crippen LogP contribution in [0.2, 0.25) is 0 Å². The summed E-state index contributed by atoms with van der Waals surface area (Å²) >= 11 is 0. The molecule has 2 aliphatic heterocycles. The molecule has 0 aromatic carbocycles. The van der Waals surface area contributed by atoms with Gasteiger partial charge >= 0.3 is 0 Å². The Labute approximate surface area is 153 Å². The average molecular weight is 396 g/mol. The first-order valence-electron chi connectivity index (χ1n) is 8.12. The Hall–Kier alpha value is -1.03. The van der Waals surface area contributed by atoms with Gasteiger partial charge in [-0.15, -0.1) is 0 Å². The van der Waals surface area contributed by atoms with Crippen molar-refractivity contribution in [3.05, 3.63) is 12.7 Å². The fourth-order valence-electron chi connectivity index (χ4n) is 2.99. The molecule has 2 heterocycles. The summed E-state index contributed by atoms with van der Waals surface area (Å²) in [5, 5.41) is 78.7. The molecule has 2 fully saturated rings. The molecule has 12 nitrogen and oxygen atoms in total. The molecule has 0 radical (unpaired) electrons. The van der Waals surface area contributed by atoms with Crippen LogP contribution in [0.25, 0.3) is 0 Å². The molecule has 0 bridgehead atoms. The van der Waals surface area contributed by atoms with Gasteiger partial charge in [0.15, 0.2) is 6.29 Å². The SMILES string of the molecule is C=CC(=O)C1(O)O[C@H](CO)[C@@H](O[C@@H]2O[C@H](CO)[C@H](O)[C@H](O)[C@H]2O)[C@H](O)[C@H]1O. The van der Waals surface area contributed by atoms with E-state index in [2.05, 4.69) is 6.58 Å². The van der Waals surface area contributed by atoms with Crippen molar-refractivity contribution in [3.63, 3.8) is 0 Å². The Morgan fingerprint density at radius 1 is 1.00 bits per heavy atom. The Kier molecular flexibility index (Phi) is 7.05. The summed E-state index contributed by atoms with van der Waals surface area (Å²) in [4.78, 5) is 11.8. The summed E-state index contributed by atoms with van der Waals surface area (Å²) in [7, 11) is 0. The third kappa shape index (κ3) is 3.92. The molecule has 12 heteroatoms. The third-order valence-corrected chi connectivity index (χ3v) is 4.62. The largest absolute Gasteiger partial charge is 0.394 e. The molecular weight excluding hydrogens is 372 g/mol. The van der Waals surface area contributed by atoms with Crippen LogP contribution < -0.4 is 0 Å². The van der Waals surface area contributed by atoms with Gasteiger partial charge < -0.3 is 55.1 Å². The highest BCUT2D eigenvalue weighted by Gasteiger charge is 2.58. The molecule has 8 N–H and O–H groups in total. The molecule has 0 aliphatic carbocycles. The minimum atomic E-state index is -2.89. The summed E-state index contributed by atoms with van der Waals surface area (Å²) in [6.07, 6.45) is -14.9. The van der Waals surface area contributed by atoms with Gasteiger partial charge in [0, 0.05) is 0 Å². The van der Waals surface area contributed by atoms with Crippen molar-refractivity contribution in [1.29, 1.82) is 0 Å². The predicted octanol–water partition coefficient (Wildman–Crippen LogP) is -5.27. The standard InChI is InChI=1S/C15H24O12/c1-2-7(18)15(24)13(23)11(22)12(6(4-17)27-15)26-14-10(21)9(20)8(19)5(3-16)25-14/h2,5-6,8-14,16-17,19-24H,1,3-4H2/t5-,6-,8+,9+,10-,11+,12-,13-,14+,15?/m1/s1. The molecule has 27 heavy (non-hydrogen) atoms. The quantitative estimate of drug-likeness (QED) is 0.198. The van der Waals surface area contributed by atoms with Gasteiger partial charge in [-0.1, -0.05) is 6.58 Å². The van der Waals surface area contributed by atoms with Crippen LogP contribution in [0, 0.1) is 0 Å². The van der Waals surface area contributed by atoms with Crippen LogP contribution in [0.3, 0.4) is 0 Å². The highest BCUT2D eigenvalue weighted by Crippen LogP contribution is 2.33. The van der Waals surface area contributed by atoms with Gasteiger partial charge in [-0.3, -0.25) is 4.79 Å². The van der Waals surface area contributed by atoms with Crippen molar-refractivity contribution in [2.45, 2.75) is 60.9 Å². The number of aliphatic hydroxyl groups excluding tert-OH is 7. The van der Waals surface area contributed by atoms with E-state index < -0.39 is 79.9 Å². The predicted molar refractivity (Wildman–Crippen MR) is 82.8 cm³/mol. The number of aliphatic hydroxyl groups is 8. The highest BCUT2D eigenvalue weighted by atomic mass is 16.7. The van der Waals surface area contributed by atoms with Gasteiger partial charge in [0.2, 0.25) is 5.78 Å². The fraction of sp³-hybridized carbons (Fsp3) is 0.800. The van der Waals surface area contributed by atoms with Crippen LogP contribution >= 0.6 is 0 Å². The van der Waals surface area contributed by atoms with E-state index in [1.165, 1.54) is 0 Å². The lowest BCUT2D eigenvalue weighted by atomic mass is 9.89. The highest BCUT2D eigenvalue weighted by molar-refractivity contribution is 5.95. The lowest BCUT2D eigenvalue weighted by Gasteiger charge is -2.48. The number of carbonyl (C=O) groups excluding carboxylic acids is 1. The average Bonchev–Trinajstić information content (AvgIpc) is 2.67. The first-order chi connectivity index (χ1) is 12.6. The lowest BCUT2D eigenvalue weighted by Crippen LogP contribution is -2.70. The van der Waals surface area contributed by atoms with Crippen molar-refractivity contribution in [3.8, 4) is 0 Å². The molecule has 0 saturated carbocycles. The van der Waals surface area contributed by atoms with Crippen LogP contribution in [0.1, 0.15) is 0 Å². The Balaban J connectivity index is 2.22. The summed E-state index contributed by atoms with van der Waals surface area (Å²) in [5.41, 5.74) is 0. The zero-order chi connectivity index (χ0) is 20.5. The number of carbonyl (C=O) groups is 1. The first kappa shape index (κ1) is 22.3. The van der Waals surface area contributed by atoms with E-state index in [4.69, 9.17) is 14.2 Å². The van der Waals surface area contributed by atoms with E-state index in [-0.39, 0.29) is 0 Å². The van der Waals surface area contributed by atoms with E-state index in [1.54, 1.807) is 0 Å². The second kappa shape index (κ2) is 8.55. The van der Waals surface area contributed by atoms with Gasteiger partial charge in [0.05, 0.1) is 13.2 Å². The lowest BCUT2D eigenvalue weighted by molar-refractivity contribution is -0.371. The van der Waals surface area contributed by atoms with Crippen LogP contribution in [0.5, 0.6) is 0 Å². The topological polar surface area (TPSA) is 207 Å². The van der Waals surface area contributed by atoms with Crippen molar-refractivity contribution < 1.29 is 59.9 Å². The maximum atomic E-state index is 11.8. The van der Waals surface area contributed by atoms with E-state index in [9.17, 15) is 45.6 Å². The summed E-state index contributed by atoms with van der Waals surface area (Å²) < 4.78 is 15.4. The van der Waals surface area contributed by atoms with Gasteiger partial charge in [-0.2, -0.15) is 0 Å². The maximum Gasteiger partial charge on any atom is 0.260 e. The monoisotopic (exact) mass is 396 g/mol. The Bertz CT molecular complexity index is 539. The number of rotatable bonds is 6. The van der Waals surface area contributed by atoms with Crippen molar-refractivity contribution in [2.75, 3.05) is 13.2 Å². The number of hydrogen-bond acceptors (Lipinski definition) is 12. The van der Waals surface area contributed by atoms with E-state index in [1.807, 2.05) is 0 Å². The Morgan fingerprint density at radius 2 is 1.59 bits per heavy atom. The zero-order valence-corrected chi connectivity index (χ0v) is 14.1. The normalized spacial score (nSPS) is 48.2. The second-order valence-corrected chi connectivity index (χ2v) is 6.34. The van der Waals surface area contributed by atoms with E-state index >= 15 is 0 Å². The molecule has 10 atom stereocenters. The Morgan fingerprint density at radius 3 is 2.11 bits per heavy atom. The molecule has 0 spiro atoms. The number of ether oxygens (including phenoxy) is 3. The van der Waals surface area contributed by atoms with Gasteiger partial charge in [0.1, 0.15) is 48.8 Å². The summed E-state index contributed by atoms with van der Waals surface area (Å²) in [6.45, 7) is 1.54. The first-order valence-corrected chi connectivity index (χ1v) is 8.12. The molecule has 2 aliphatic rings. The van der Waals surface area contributed by atoms with Crippen LogP contribution in [-0.4, -0.2) is 121 Å². The van der Waals surface area contributed by atoms with Crippen LogP contribution in [0.15, 0.2) is 12.7 Å². The van der Waals surface area contributed by atoms with Crippen molar-refractivity contribution >= 4 is 5.78 Å². The molecule has 0 amide bonds. The fourth-order valence-corrected chi connectivity index (χ4v) is 2.99. The molecular formula is C15H24O12. The molecule has 156 valence electrons. The van der Waals surface area contributed by atoms with Gasteiger partial charge in [0.25, 0.3) is 5.79 Å². The number of ketones is 1. The summed E-state index contributed by atoms with van der Waals surface area (Å²) in [5.74, 6) is -4.05. The number of hydrogen-bond donors (Lipinski definition) is 8. The van der Waals surface area contributed by atoms with Crippen molar-refractivity contribution in [2.24, 2.45) is 0 Å². The zero-order valence-electron chi connectivity index (χ0n) is 14.1. The van der Waals surface area contributed by atoms with Gasteiger partial charge in [-0.25, -0.2) is 0 Å². The second-order valence-electron chi connectivity index (χ2n) is 6.34. The molecule has 1 unspecified atom stereocenters. The minimum absolute atomic E-state index is 0.656. The van der Waals surface area contributed by atoms with E-state index in [0.717, 1.165) is 0 Å². The maximum absolute atomic E-state index is 11.8. The van der Waals surface area contributed by atoms with Crippen LogP contribution in [-0.2, 0) is 19.0 Å². The molecule has 2 saturated heterocycles. The van der Waals surface area contributed by atoms with Crippen molar-refractivity contribution in [1.82, 2.24) is 0 Å².